The van der Waals surface area contributed by atoms with E-state index in [4.69, 9.17) is 14.9 Å². The quantitative estimate of drug-likeness (QED) is 0.542. The average molecular weight is 260 g/mol. The van der Waals surface area contributed by atoms with E-state index in [9.17, 15) is 9.59 Å². The monoisotopic (exact) mass is 260 g/mol. The van der Waals surface area contributed by atoms with Crippen molar-refractivity contribution in [3.05, 3.63) is 0 Å². The summed E-state index contributed by atoms with van der Waals surface area (Å²) >= 11 is 0. The molecule has 1 aliphatic rings. The molecule has 0 aromatic rings. The predicted molar refractivity (Wildman–Crippen MR) is 63.2 cm³/mol. The molecule has 1 fully saturated rings. The number of urea groups is 1. The van der Waals surface area contributed by atoms with Crippen LogP contribution in [0.15, 0.2) is 0 Å². The second-order valence-corrected chi connectivity index (χ2v) is 4.68. The Morgan fingerprint density at radius 1 is 1.56 bits per heavy atom. The Morgan fingerprint density at radius 2 is 2.22 bits per heavy atom. The fourth-order valence-corrected chi connectivity index (χ4v) is 1.84. The second kappa shape index (κ2) is 6.01. The van der Waals surface area contributed by atoms with E-state index in [1.54, 1.807) is 0 Å². The topological polar surface area (TPSA) is 108 Å². The minimum Gasteiger partial charge on any atom is -0.480 e. The molecular formula is C11H20N2O5. The van der Waals surface area contributed by atoms with Gasteiger partial charge in [-0.3, -0.25) is 0 Å². The highest BCUT2D eigenvalue weighted by Crippen LogP contribution is 2.24. The first-order valence-electron chi connectivity index (χ1n) is 5.93. The van der Waals surface area contributed by atoms with Gasteiger partial charge in [-0.05, 0) is 20.3 Å². The third-order valence-electron chi connectivity index (χ3n) is 3.31. The molecule has 7 heteroatoms. The largest absolute Gasteiger partial charge is 0.480 e. The van der Waals surface area contributed by atoms with Crippen molar-refractivity contribution in [1.29, 1.82) is 0 Å². The molecular weight excluding hydrogens is 240 g/mol. The van der Waals surface area contributed by atoms with Crippen LogP contribution in [-0.2, 0) is 9.53 Å². The highest BCUT2D eigenvalue weighted by Gasteiger charge is 2.38. The van der Waals surface area contributed by atoms with E-state index in [0.717, 1.165) is 0 Å². The molecule has 1 heterocycles. The summed E-state index contributed by atoms with van der Waals surface area (Å²) in [6.45, 7) is 3.98. The Hall–Kier alpha value is -1.34. The molecule has 104 valence electrons. The van der Waals surface area contributed by atoms with E-state index in [-0.39, 0.29) is 19.1 Å². The number of hydrogen-bond donors (Lipinski definition) is 4. The first-order chi connectivity index (χ1) is 8.39. The van der Waals surface area contributed by atoms with Crippen LogP contribution in [-0.4, -0.2) is 53.1 Å². The Bertz CT molecular complexity index is 323. The van der Waals surface area contributed by atoms with E-state index in [1.807, 2.05) is 13.8 Å². The molecule has 0 aromatic carbocycles. The van der Waals surface area contributed by atoms with Crippen molar-refractivity contribution < 1.29 is 24.5 Å². The maximum Gasteiger partial charge on any atom is 0.326 e. The minimum absolute atomic E-state index is 0.0223. The molecule has 0 aliphatic carbocycles. The molecule has 4 N–H and O–H groups in total. The van der Waals surface area contributed by atoms with Gasteiger partial charge in [-0.15, -0.1) is 0 Å². The number of carbonyl (C=O) groups excluding carboxylic acids is 1. The van der Waals surface area contributed by atoms with E-state index >= 15 is 0 Å². The smallest absolute Gasteiger partial charge is 0.326 e. The number of carboxylic acid groups (broad SMARTS) is 1. The summed E-state index contributed by atoms with van der Waals surface area (Å²) in [6, 6.07) is -1.65. The third-order valence-corrected chi connectivity index (χ3v) is 3.31. The van der Waals surface area contributed by atoms with Gasteiger partial charge >= 0.3 is 12.0 Å². The minimum atomic E-state index is -1.17. The van der Waals surface area contributed by atoms with Crippen LogP contribution in [0.25, 0.3) is 0 Å². The van der Waals surface area contributed by atoms with Crippen LogP contribution in [0.1, 0.15) is 26.7 Å². The van der Waals surface area contributed by atoms with Gasteiger partial charge in [-0.2, -0.15) is 0 Å². The average Bonchev–Trinajstić information content (AvgIpc) is 2.58. The number of aliphatic hydroxyl groups excluding tert-OH is 1. The Labute approximate surface area is 106 Å². The number of rotatable bonds is 5. The number of carboxylic acids is 1. The molecule has 0 radical (unpaired) electrons. The molecule has 1 saturated heterocycles. The Morgan fingerprint density at radius 3 is 2.67 bits per heavy atom. The first-order valence-corrected chi connectivity index (χ1v) is 5.93. The summed E-state index contributed by atoms with van der Waals surface area (Å²) in [5.74, 6) is -1.17. The maximum absolute atomic E-state index is 11.7. The molecule has 3 atom stereocenters. The summed E-state index contributed by atoms with van der Waals surface area (Å²) in [4.78, 5) is 22.5. The number of hydrogen-bond acceptors (Lipinski definition) is 4. The molecule has 0 saturated carbocycles. The summed E-state index contributed by atoms with van der Waals surface area (Å²) in [5.41, 5.74) is -0.494. The fourth-order valence-electron chi connectivity index (χ4n) is 1.84. The van der Waals surface area contributed by atoms with Crippen molar-refractivity contribution in [3.8, 4) is 0 Å². The molecule has 1 aliphatic heterocycles. The summed E-state index contributed by atoms with van der Waals surface area (Å²) in [6.07, 6.45) is 0.537. The SMILES string of the molecule is CC1OCCC1(C)NC(=O)NC(CCO)C(=O)O. The lowest BCUT2D eigenvalue weighted by atomic mass is 9.95. The van der Waals surface area contributed by atoms with Crippen LogP contribution in [0.2, 0.25) is 0 Å². The lowest BCUT2D eigenvalue weighted by molar-refractivity contribution is -0.139. The highest BCUT2D eigenvalue weighted by atomic mass is 16.5. The van der Waals surface area contributed by atoms with Crippen molar-refractivity contribution >= 4 is 12.0 Å². The molecule has 7 nitrogen and oxygen atoms in total. The van der Waals surface area contributed by atoms with Gasteiger partial charge in [0.05, 0.1) is 11.6 Å². The van der Waals surface area contributed by atoms with Crippen LogP contribution in [0.3, 0.4) is 0 Å². The number of nitrogens with one attached hydrogen (secondary N) is 2. The lowest BCUT2D eigenvalue weighted by Crippen LogP contribution is -2.56. The normalized spacial score (nSPS) is 28.7. The van der Waals surface area contributed by atoms with Crippen LogP contribution in [0.5, 0.6) is 0 Å². The predicted octanol–water partition coefficient (Wildman–Crippen LogP) is -0.311. The van der Waals surface area contributed by atoms with Crippen LogP contribution < -0.4 is 10.6 Å². The third kappa shape index (κ3) is 3.58. The van der Waals surface area contributed by atoms with E-state index < -0.39 is 23.6 Å². The number of amides is 2. The molecule has 2 amide bonds. The molecule has 0 spiro atoms. The van der Waals surface area contributed by atoms with Gasteiger partial charge in [0.2, 0.25) is 0 Å². The van der Waals surface area contributed by atoms with E-state index in [0.29, 0.717) is 13.0 Å². The zero-order valence-electron chi connectivity index (χ0n) is 10.6. The Balaban J connectivity index is 2.52. The van der Waals surface area contributed by atoms with Crippen LogP contribution in [0, 0.1) is 0 Å². The van der Waals surface area contributed by atoms with E-state index in [1.165, 1.54) is 0 Å². The molecule has 1 rings (SSSR count). The van der Waals surface area contributed by atoms with Crippen LogP contribution in [0.4, 0.5) is 4.79 Å². The molecule has 0 bridgehead atoms. The number of ether oxygens (including phenoxy) is 1. The van der Waals surface area contributed by atoms with E-state index in [2.05, 4.69) is 10.6 Å². The molecule has 0 aromatic heterocycles. The lowest BCUT2D eigenvalue weighted by Gasteiger charge is -2.29. The summed E-state index contributed by atoms with van der Waals surface area (Å²) in [7, 11) is 0. The number of aliphatic hydroxyl groups is 1. The van der Waals surface area contributed by atoms with Gasteiger partial charge in [-0.25, -0.2) is 9.59 Å². The van der Waals surface area contributed by atoms with Crippen molar-refractivity contribution in [2.75, 3.05) is 13.2 Å². The fraction of sp³-hybridized carbons (Fsp3) is 0.818. The summed E-state index contributed by atoms with van der Waals surface area (Å²) in [5, 5.41) is 22.6. The molecule has 18 heavy (non-hydrogen) atoms. The number of carbonyl (C=O) groups is 2. The Kier molecular flexibility index (Phi) is 4.92. The van der Waals surface area contributed by atoms with Gasteiger partial charge < -0.3 is 25.6 Å². The highest BCUT2D eigenvalue weighted by molar-refractivity contribution is 5.82. The van der Waals surface area contributed by atoms with Gasteiger partial charge in [0.25, 0.3) is 0 Å². The molecule has 3 unspecified atom stereocenters. The van der Waals surface area contributed by atoms with Crippen molar-refractivity contribution in [2.45, 2.75) is 44.4 Å². The van der Waals surface area contributed by atoms with Gasteiger partial charge in [-0.1, -0.05) is 0 Å². The number of aliphatic carboxylic acids is 1. The zero-order valence-corrected chi connectivity index (χ0v) is 10.6. The standard InChI is InChI=1S/C11H20N2O5/c1-7-11(2,4-6-18-7)13-10(17)12-8(3-5-14)9(15)16/h7-8,14H,3-6H2,1-2H3,(H,15,16)(H2,12,13,17). The van der Waals surface area contributed by atoms with Crippen molar-refractivity contribution in [2.24, 2.45) is 0 Å². The maximum atomic E-state index is 11.7. The summed E-state index contributed by atoms with van der Waals surface area (Å²) < 4.78 is 5.37. The van der Waals surface area contributed by atoms with Gasteiger partial charge in [0.1, 0.15) is 6.04 Å². The van der Waals surface area contributed by atoms with Gasteiger partial charge in [0, 0.05) is 19.6 Å². The van der Waals surface area contributed by atoms with Crippen LogP contribution >= 0.6 is 0 Å². The first kappa shape index (κ1) is 14.7. The zero-order chi connectivity index (χ0) is 13.8. The second-order valence-electron chi connectivity index (χ2n) is 4.68. The van der Waals surface area contributed by atoms with Crippen molar-refractivity contribution in [3.63, 3.8) is 0 Å². The van der Waals surface area contributed by atoms with Crippen molar-refractivity contribution in [1.82, 2.24) is 10.6 Å². The van der Waals surface area contributed by atoms with Gasteiger partial charge in [0.15, 0.2) is 0 Å².